The van der Waals surface area contributed by atoms with Crippen LogP contribution < -0.4 is 0 Å². The SMILES string of the molecule is Cc1nc(-c2cnccn2)nc(Cl)c1I. The van der Waals surface area contributed by atoms with E-state index in [9.17, 15) is 0 Å². The van der Waals surface area contributed by atoms with Gasteiger partial charge in [0.1, 0.15) is 10.8 Å². The average molecular weight is 333 g/mol. The Labute approximate surface area is 105 Å². The highest BCUT2D eigenvalue weighted by atomic mass is 127. The number of aromatic nitrogens is 4. The zero-order valence-corrected chi connectivity index (χ0v) is 10.7. The highest BCUT2D eigenvalue weighted by molar-refractivity contribution is 14.1. The summed E-state index contributed by atoms with van der Waals surface area (Å²) in [6.07, 6.45) is 4.81. The summed E-state index contributed by atoms with van der Waals surface area (Å²) in [6.45, 7) is 1.88. The maximum absolute atomic E-state index is 5.96. The lowest BCUT2D eigenvalue weighted by Gasteiger charge is -2.03. The summed E-state index contributed by atoms with van der Waals surface area (Å²) in [5, 5.41) is 0.448. The molecule has 2 heterocycles. The summed E-state index contributed by atoms with van der Waals surface area (Å²) in [4.78, 5) is 16.5. The Morgan fingerprint density at radius 2 is 2.07 bits per heavy atom. The van der Waals surface area contributed by atoms with Gasteiger partial charge >= 0.3 is 0 Å². The van der Waals surface area contributed by atoms with Crippen LogP contribution in [0.15, 0.2) is 18.6 Å². The fourth-order valence-electron chi connectivity index (χ4n) is 1.05. The Hall–Kier alpha value is -0.820. The van der Waals surface area contributed by atoms with E-state index in [4.69, 9.17) is 11.6 Å². The van der Waals surface area contributed by atoms with E-state index >= 15 is 0 Å². The van der Waals surface area contributed by atoms with Gasteiger partial charge in [0, 0.05) is 12.4 Å². The Bertz CT molecular complexity index is 466. The molecule has 0 saturated carbocycles. The zero-order chi connectivity index (χ0) is 10.8. The molecule has 2 rings (SSSR count). The van der Waals surface area contributed by atoms with Crippen molar-refractivity contribution in [1.29, 1.82) is 0 Å². The molecule has 0 bridgehead atoms. The number of aryl methyl sites for hydroxylation is 1. The molecule has 0 aromatic carbocycles. The summed E-state index contributed by atoms with van der Waals surface area (Å²) in [5.74, 6) is 0.506. The van der Waals surface area contributed by atoms with E-state index in [1.165, 1.54) is 0 Å². The normalized spacial score (nSPS) is 10.3. The van der Waals surface area contributed by atoms with Crippen molar-refractivity contribution in [3.05, 3.63) is 33.0 Å². The van der Waals surface area contributed by atoms with Crippen LogP contribution in [0.25, 0.3) is 11.5 Å². The number of hydrogen-bond donors (Lipinski definition) is 0. The molecule has 0 saturated heterocycles. The molecule has 76 valence electrons. The molecule has 0 radical (unpaired) electrons. The van der Waals surface area contributed by atoms with Crippen molar-refractivity contribution in [3.63, 3.8) is 0 Å². The molecule has 6 heteroatoms. The van der Waals surface area contributed by atoms with Crippen molar-refractivity contribution in [2.75, 3.05) is 0 Å². The maximum atomic E-state index is 5.96. The molecule has 0 N–H and O–H groups in total. The van der Waals surface area contributed by atoms with Gasteiger partial charge in [-0.05, 0) is 29.5 Å². The molecular weight excluding hydrogens is 326 g/mol. The number of nitrogens with zero attached hydrogens (tertiary/aromatic N) is 4. The largest absolute Gasteiger partial charge is 0.261 e. The molecule has 0 unspecified atom stereocenters. The standard InChI is InChI=1S/C9H6ClIN4/c1-5-7(11)8(10)15-9(14-5)6-4-12-2-3-13-6/h2-4H,1H3. The Morgan fingerprint density at radius 1 is 1.27 bits per heavy atom. The molecule has 0 aliphatic rings. The first-order valence-corrected chi connectivity index (χ1v) is 5.60. The third-order valence-corrected chi connectivity index (χ3v) is 3.65. The molecule has 0 fully saturated rings. The first-order chi connectivity index (χ1) is 7.18. The Kier molecular flexibility index (Phi) is 3.11. The van der Waals surface area contributed by atoms with Gasteiger partial charge in [-0.2, -0.15) is 0 Å². The summed E-state index contributed by atoms with van der Waals surface area (Å²) in [5.41, 5.74) is 1.47. The topological polar surface area (TPSA) is 51.6 Å². The third-order valence-electron chi connectivity index (χ3n) is 1.77. The predicted molar refractivity (Wildman–Crippen MR) is 65.5 cm³/mol. The van der Waals surface area contributed by atoms with Crippen LogP contribution in [0.5, 0.6) is 0 Å². The summed E-state index contributed by atoms with van der Waals surface area (Å²) in [7, 11) is 0. The molecule has 2 aromatic heterocycles. The molecule has 0 spiro atoms. The van der Waals surface area contributed by atoms with Crippen molar-refractivity contribution >= 4 is 34.2 Å². The molecule has 0 atom stereocenters. The van der Waals surface area contributed by atoms with Crippen LogP contribution in [0.2, 0.25) is 5.15 Å². The van der Waals surface area contributed by atoms with E-state index in [-0.39, 0.29) is 0 Å². The van der Waals surface area contributed by atoms with Gasteiger partial charge in [0.2, 0.25) is 0 Å². The second-order valence-corrected chi connectivity index (χ2v) is 4.26. The van der Waals surface area contributed by atoms with Crippen molar-refractivity contribution < 1.29 is 0 Å². The maximum Gasteiger partial charge on any atom is 0.181 e. The van der Waals surface area contributed by atoms with Crippen LogP contribution in [0.3, 0.4) is 0 Å². The lowest BCUT2D eigenvalue weighted by molar-refractivity contribution is 1.06. The van der Waals surface area contributed by atoms with Gasteiger partial charge in [-0.1, -0.05) is 11.6 Å². The van der Waals surface area contributed by atoms with Crippen LogP contribution in [0.1, 0.15) is 5.69 Å². The van der Waals surface area contributed by atoms with Crippen LogP contribution in [0.4, 0.5) is 0 Å². The number of rotatable bonds is 1. The average Bonchev–Trinajstić information content (AvgIpc) is 2.26. The van der Waals surface area contributed by atoms with Gasteiger partial charge in [-0.25, -0.2) is 15.0 Å². The minimum absolute atomic E-state index is 0.448. The fourth-order valence-corrected chi connectivity index (χ4v) is 1.51. The fraction of sp³-hybridized carbons (Fsp3) is 0.111. The second kappa shape index (κ2) is 4.36. The lowest BCUT2D eigenvalue weighted by Crippen LogP contribution is -1.98. The summed E-state index contributed by atoms with van der Waals surface area (Å²) in [6, 6.07) is 0. The smallest absolute Gasteiger partial charge is 0.181 e. The molecule has 15 heavy (non-hydrogen) atoms. The van der Waals surface area contributed by atoms with Crippen LogP contribution >= 0.6 is 34.2 Å². The zero-order valence-electron chi connectivity index (χ0n) is 7.78. The van der Waals surface area contributed by atoms with Crippen molar-refractivity contribution in [1.82, 2.24) is 19.9 Å². The molecule has 0 amide bonds. The minimum atomic E-state index is 0.448. The minimum Gasteiger partial charge on any atom is -0.261 e. The highest BCUT2D eigenvalue weighted by Gasteiger charge is 2.09. The van der Waals surface area contributed by atoms with Gasteiger partial charge in [-0.15, -0.1) is 0 Å². The van der Waals surface area contributed by atoms with Crippen LogP contribution in [0, 0.1) is 10.5 Å². The molecule has 4 nitrogen and oxygen atoms in total. The molecule has 2 aromatic rings. The lowest BCUT2D eigenvalue weighted by atomic mass is 10.4. The summed E-state index contributed by atoms with van der Waals surface area (Å²) >= 11 is 8.07. The van der Waals surface area contributed by atoms with Crippen LogP contribution in [-0.2, 0) is 0 Å². The van der Waals surface area contributed by atoms with Crippen LogP contribution in [-0.4, -0.2) is 19.9 Å². The third kappa shape index (κ3) is 2.23. The second-order valence-electron chi connectivity index (χ2n) is 2.83. The Balaban J connectivity index is 2.56. The highest BCUT2D eigenvalue weighted by Crippen LogP contribution is 2.21. The molecule has 0 aliphatic heterocycles. The van der Waals surface area contributed by atoms with E-state index in [0.29, 0.717) is 16.7 Å². The summed E-state index contributed by atoms with van der Waals surface area (Å²) < 4.78 is 0.863. The monoisotopic (exact) mass is 332 g/mol. The number of hydrogen-bond acceptors (Lipinski definition) is 4. The van der Waals surface area contributed by atoms with Crippen molar-refractivity contribution in [2.45, 2.75) is 6.92 Å². The molecule has 0 aliphatic carbocycles. The molecular formula is C9H6ClIN4. The van der Waals surface area contributed by atoms with E-state index in [2.05, 4.69) is 42.5 Å². The van der Waals surface area contributed by atoms with E-state index in [1.807, 2.05) is 6.92 Å². The first kappa shape index (κ1) is 10.7. The Morgan fingerprint density at radius 3 is 2.67 bits per heavy atom. The van der Waals surface area contributed by atoms with Crippen molar-refractivity contribution in [2.24, 2.45) is 0 Å². The van der Waals surface area contributed by atoms with Crippen molar-refractivity contribution in [3.8, 4) is 11.5 Å². The predicted octanol–water partition coefficient (Wildman–Crippen LogP) is 2.50. The van der Waals surface area contributed by atoms with E-state index < -0.39 is 0 Å². The van der Waals surface area contributed by atoms with Gasteiger partial charge in [-0.3, -0.25) is 4.98 Å². The van der Waals surface area contributed by atoms with Gasteiger partial charge in [0.05, 0.1) is 15.5 Å². The van der Waals surface area contributed by atoms with E-state index in [0.717, 1.165) is 9.26 Å². The van der Waals surface area contributed by atoms with Gasteiger partial charge < -0.3 is 0 Å². The quantitative estimate of drug-likeness (QED) is 0.595. The van der Waals surface area contributed by atoms with Gasteiger partial charge in [0.25, 0.3) is 0 Å². The van der Waals surface area contributed by atoms with E-state index in [1.54, 1.807) is 18.6 Å². The number of halogens is 2. The first-order valence-electron chi connectivity index (χ1n) is 4.14. The van der Waals surface area contributed by atoms with Gasteiger partial charge in [0.15, 0.2) is 5.82 Å².